The summed E-state index contributed by atoms with van der Waals surface area (Å²) in [6.07, 6.45) is 1.50. The van der Waals surface area contributed by atoms with Crippen molar-refractivity contribution in [2.45, 2.75) is 45.2 Å². The summed E-state index contributed by atoms with van der Waals surface area (Å²) in [5.74, 6) is -2.60. The van der Waals surface area contributed by atoms with Gasteiger partial charge in [0, 0.05) is 12.5 Å². The molecule has 0 rings (SSSR count). The van der Waals surface area contributed by atoms with Crippen LogP contribution in [0, 0.1) is 0 Å². The summed E-state index contributed by atoms with van der Waals surface area (Å²) in [4.78, 5) is 10.9. The lowest BCUT2D eigenvalue weighted by Crippen LogP contribution is -2.51. The van der Waals surface area contributed by atoms with E-state index in [-0.39, 0.29) is 6.42 Å². The number of rotatable bonds is 7. The molecule has 0 amide bonds. The Morgan fingerprint density at radius 1 is 1.60 bits per heavy atom. The molecule has 1 unspecified atom stereocenters. The van der Waals surface area contributed by atoms with Gasteiger partial charge in [-0.3, -0.25) is 0 Å². The fourth-order valence-electron chi connectivity index (χ4n) is 1.08. The van der Waals surface area contributed by atoms with Crippen molar-refractivity contribution in [3.8, 4) is 0 Å². The van der Waals surface area contributed by atoms with E-state index in [1.807, 2.05) is 6.92 Å². The zero-order chi connectivity index (χ0) is 11.9. The minimum atomic E-state index is -2.00. The first-order valence-electron chi connectivity index (χ1n) is 5.00. The highest BCUT2D eigenvalue weighted by Gasteiger charge is 2.26. The average Bonchev–Trinajstić information content (AvgIpc) is 2.16. The Bertz CT molecular complexity index is 215. The first-order chi connectivity index (χ1) is 6.95. The van der Waals surface area contributed by atoms with E-state index in [1.54, 1.807) is 6.92 Å². The highest BCUT2D eigenvalue weighted by Crippen LogP contribution is 2.08. The van der Waals surface area contributed by atoms with Gasteiger partial charge in [0.25, 0.3) is 0 Å². The van der Waals surface area contributed by atoms with Crippen LogP contribution in [0.15, 0.2) is 12.7 Å². The largest absolute Gasteiger partial charge is 0.443 e. The van der Waals surface area contributed by atoms with Crippen molar-refractivity contribution < 1.29 is 19.7 Å². The lowest BCUT2D eigenvalue weighted by atomic mass is 10.2. The van der Waals surface area contributed by atoms with Gasteiger partial charge in [-0.1, -0.05) is 20.4 Å². The lowest BCUT2D eigenvalue weighted by molar-refractivity contribution is -0.215. The highest BCUT2D eigenvalue weighted by atomic mass is 16.6. The van der Waals surface area contributed by atoms with Crippen molar-refractivity contribution in [2.75, 3.05) is 0 Å². The molecule has 0 heterocycles. The van der Waals surface area contributed by atoms with E-state index < -0.39 is 18.1 Å². The quantitative estimate of drug-likeness (QED) is 0.328. The minimum Gasteiger partial charge on any atom is -0.443 e. The molecule has 0 fully saturated rings. The number of carbonyl (C=O) groups excluding carboxylic acids is 1. The van der Waals surface area contributed by atoms with Gasteiger partial charge in [-0.15, -0.1) is 0 Å². The summed E-state index contributed by atoms with van der Waals surface area (Å²) in [7, 11) is 0. The van der Waals surface area contributed by atoms with Crippen LogP contribution in [0.4, 0.5) is 0 Å². The standard InChI is InChI=1S/C10H19NO4/c1-4-7-10(13,14)11-8(5-2)15-9(12)6-3/h6,8,11,13-14H,3-5,7H2,1-2H3. The summed E-state index contributed by atoms with van der Waals surface area (Å²) >= 11 is 0. The van der Waals surface area contributed by atoms with Crippen LogP contribution in [0.25, 0.3) is 0 Å². The van der Waals surface area contributed by atoms with Crippen molar-refractivity contribution in [3.05, 3.63) is 12.7 Å². The SMILES string of the molecule is C=CC(=O)OC(CC)NC(O)(O)CCC. The second-order valence-corrected chi connectivity index (χ2v) is 3.25. The van der Waals surface area contributed by atoms with Gasteiger partial charge in [-0.2, -0.15) is 0 Å². The summed E-state index contributed by atoms with van der Waals surface area (Å²) < 4.78 is 4.84. The van der Waals surface area contributed by atoms with E-state index in [2.05, 4.69) is 11.9 Å². The van der Waals surface area contributed by atoms with Crippen molar-refractivity contribution in [1.29, 1.82) is 0 Å². The number of nitrogens with one attached hydrogen (secondary N) is 1. The van der Waals surface area contributed by atoms with E-state index >= 15 is 0 Å². The van der Waals surface area contributed by atoms with Gasteiger partial charge in [-0.25, -0.2) is 10.1 Å². The maximum Gasteiger partial charge on any atom is 0.331 e. The third kappa shape index (κ3) is 6.22. The summed E-state index contributed by atoms with van der Waals surface area (Å²) in [5, 5.41) is 21.3. The molecule has 0 aromatic heterocycles. The third-order valence-electron chi connectivity index (χ3n) is 1.79. The third-order valence-corrected chi connectivity index (χ3v) is 1.79. The topological polar surface area (TPSA) is 78.8 Å². The fourth-order valence-corrected chi connectivity index (χ4v) is 1.08. The Hall–Kier alpha value is -0.910. The van der Waals surface area contributed by atoms with E-state index in [1.165, 1.54) is 0 Å². The van der Waals surface area contributed by atoms with Crippen molar-refractivity contribution >= 4 is 5.97 Å². The average molecular weight is 217 g/mol. The minimum absolute atomic E-state index is 0.162. The molecule has 5 heteroatoms. The second kappa shape index (κ2) is 6.55. The van der Waals surface area contributed by atoms with Crippen molar-refractivity contribution in [3.63, 3.8) is 0 Å². The molecule has 0 aromatic rings. The summed E-state index contributed by atoms with van der Waals surface area (Å²) in [5.41, 5.74) is 0. The predicted octanol–water partition coefficient (Wildman–Crippen LogP) is 0.480. The second-order valence-electron chi connectivity index (χ2n) is 3.25. The number of hydrogen-bond donors (Lipinski definition) is 3. The van der Waals surface area contributed by atoms with Crippen molar-refractivity contribution in [2.24, 2.45) is 0 Å². The molecule has 15 heavy (non-hydrogen) atoms. The fraction of sp³-hybridized carbons (Fsp3) is 0.700. The van der Waals surface area contributed by atoms with E-state index in [0.29, 0.717) is 12.8 Å². The Labute approximate surface area is 89.7 Å². The maximum absolute atomic E-state index is 10.9. The number of hydrogen-bond acceptors (Lipinski definition) is 5. The first-order valence-corrected chi connectivity index (χ1v) is 5.00. The molecule has 0 saturated carbocycles. The molecule has 0 bridgehead atoms. The van der Waals surface area contributed by atoms with E-state index in [0.717, 1.165) is 6.08 Å². The summed E-state index contributed by atoms with van der Waals surface area (Å²) in [6.45, 7) is 6.83. The van der Waals surface area contributed by atoms with Crippen LogP contribution in [0.1, 0.15) is 33.1 Å². The Morgan fingerprint density at radius 3 is 2.60 bits per heavy atom. The maximum atomic E-state index is 10.9. The molecule has 0 saturated heterocycles. The summed E-state index contributed by atoms with van der Waals surface area (Å²) in [6, 6.07) is 0. The van der Waals surface area contributed by atoms with Gasteiger partial charge >= 0.3 is 5.97 Å². The van der Waals surface area contributed by atoms with Gasteiger partial charge in [0.1, 0.15) is 0 Å². The lowest BCUT2D eigenvalue weighted by Gasteiger charge is -2.27. The van der Waals surface area contributed by atoms with Crippen molar-refractivity contribution in [1.82, 2.24) is 5.32 Å². The molecule has 88 valence electrons. The number of ether oxygens (including phenoxy) is 1. The molecule has 1 atom stereocenters. The van der Waals surface area contributed by atoms with Crippen LogP contribution in [-0.4, -0.2) is 28.3 Å². The molecule has 0 aliphatic rings. The van der Waals surface area contributed by atoms with E-state index in [4.69, 9.17) is 4.74 Å². The first kappa shape index (κ1) is 14.1. The number of esters is 1. The number of carbonyl (C=O) groups is 1. The molecule has 3 N–H and O–H groups in total. The van der Waals surface area contributed by atoms with Crippen LogP contribution in [0.2, 0.25) is 0 Å². The number of aliphatic hydroxyl groups is 2. The van der Waals surface area contributed by atoms with Crippen LogP contribution >= 0.6 is 0 Å². The predicted molar refractivity (Wildman–Crippen MR) is 55.6 cm³/mol. The Morgan fingerprint density at radius 2 is 2.20 bits per heavy atom. The molecule has 0 radical (unpaired) electrons. The molecule has 0 spiro atoms. The van der Waals surface area contributed by atoms with Crippen LogP contribution in [-0.2, 0) is 9.53 Å². The Balaban J connectivity index is 4.19. The zero-order valence-electron chi connectivity index (χ0n) is 9.19. The van der Waals surface area contributed by atoms with Gasteiger partial charge in [0.05, 0.1) is 0 Å². The normalized spacial score (nSPS) is 13.3. The Kier molecular flexibility index (Phi) is 6.15. The molecular formula is C10H19NO4. The monoisotopic (exact) mass is 217 g/mol. The smallest absolute Gasteiger partial charge is 0.331 e. The molecule has 0 aromatic carbocycles. The van der Waals surface area contributed by atoms with Crippen LogP contribution in [0.3, 0.4) is 0 Å². The van der Waals surface area contributed by atoms with Gasteiger partial charge in [-0.05, 0) is 12.8 Å². The van der Waals surface area contributed by atoms with Gasteiger partial charge in [0.2, 0.25) is 5.91 Å². The van der Waals surface area contributed by atoms with Gasteiger partial charge in [0.15, 0.2) is 6.23 Å². The molecule has 0 aliphatic heterocycles. The molecule has 0 aliphatic carbocycles. The van der Waals surface area contributed by atoms with Gasteiger partial charge < -0.3 is 14.9 Å². The van der Waals surface area contributed by atoms with E-state index in [9.17, 15) is 15.0 Å². The molecular weight excluding hydrogens is 198 g/mol. The highest BCUT2D eigenvalue weighted by molar-refractivity contribution is 5.81. The molecule has 5 nitrogen and oxygen atoms in total. The van der Waals surface area contributed by atoms with Crippen LogP contribution in [0.5, 0.6) is 0 Å². The van der Waals surface area contributed by atoms with Crippen LogP contribution < -0.4 is 5.32 Å². The zero-order valence-corrected chi connectivity index (χ0v) is 9.19.